The summed E-state index contributed by atoms with van der Waals surface area (Å²) in [7, 11) is 0. The van der Waals surface area contributed by atoms with E-state index >= 15 is 0 Å². The molecule has 1 saturated carbocycles. The van der Waals surface area contributed by atoms with Gasteiger partial charge in [0.25, 0.3) is 5.92 Å². The molecule has 0 aromatic carbocycles. The minimum atomic E-state index is -2.49. The number of halogens is 2. The monoisotopic (exact) mass is 163 g/mol. The lowest BCUT2D eigenvalue weighted by molar-refractivity contribution is 0.0443. The summed E-state index contributed by atoms with van der Waals surface area (Å²) in [4.78, 5) is 0. The van der Waals surface area contributed by atoms with E-state index in [0.29, 0.717) is 0 Å². The summed E-state index contributed by atoms with van der Waals surface area (Å²) in [6, 6.07) is 0. The molecule has 1 nitrogen and oxygen atoms in total. The molecule has 1 fully saturated rings. The van der Waals surface area contributed by atoms with Gasteiger partial charge < -0.3 is 5.73 Å². The van der Waals surface area contributed by atoms with Crippen LogP contribution in [0.1, 0.15) is 26.7 Å². The van der Waals surface area contributed by atoms with Crippen molar-refractivity contribution in [3.05, 3.63) is 0 Å². The number of rotatable bonds is 3. The molecule has 2 atom stereocenters. The van der Waals surface area contributed by atoms with Crippen LogP contribution in [0.2, 0.25) is 0 Å². The lowest BCUT2D eigenvalue weighted by Gasteiger charge is -2.20. The summed E-state index contributed by atoms with van der Waals surface area (Å²) < 4.78 is 25.6. The zero-order valence-electron chi connectivity index (χ0n) is 7.03. The van der Waals surface area contributed by atoms with Crippen LogP contribution in [0.15, 0.2) is 0 Å². The van der Waals surface area contributed by atoms with E-state index in [1.807, 2.05) is 13.8 Å². The predicted octanol–water partition coefficient (Wildman–Crippen LogP) is 2.02. The molecule has 1 aliphatic carbocycles. The highest BCUT2D eigenvalue weighted by Gasteiger charge is 2.71. The van der Waals surface area contributed by atoms with E-state index in [0.717, 1.165) is 6.42 Å². The van der Waals surface area contributed by atoms with Gasteiger partial charge in [-0.15, -0.1) is 0 Å². The number of hydrogen-bond donors (Lipinski definition) is 1. The summed E-state index contributed by atoms with van der Waals surface area (Å²) in [5.41, 5.74) is 4.48. The van der Waals surface area contributed by atoms with Crippen LogP contribution in [-0.4, -0.2) is 12.5 Å². The first-order chi connectivity index (χ1) is 5.00. The van der Waals surface area contributed by atoms with E-state index in [2.05, 4.69) is 0 Å². The van der Waals surface area contributed by atoms with Gasteiger partial charge in [-0.3, -0.25) is 0 Å². The van der Waals surface area contributed by atoms with Crippen LogP contribution >= 0.6 is 0 Å². The van der Waals surface area contributed by atoms with Gasteiger partial charge in [0.1, 0.15) is 0 Å². The standard InChI is InChI=1S/C8H15F2N/c1-3-6(2)7(5-11)4-8(7,9)10/h6H,3-5,11H2,1-2H3. The molecule has 0 amide bonds. The maximum Gasteiger partial charge on any atom is 0.256 e. The lowest BCUT2D eigenvalue weighted by atomic mass is 9.88. The predicted molar refractivity (Wildman–Crippen MR) is 40.5 cm³/mol. The fraction of sp³-hybridized carbons (Fsp3) is 1.00. The van der Waals surface area contributed by atoms with Crippen molar-refractivity contribution in [1.29, 1.82) is 0 Å². The summed E-state index contributed by atoms with van der Waals surface area (Å²) in [6.07, 6.45) is 0.776. The third-order valence-electron chi connectivity index (χ3n) is 3.06. The first-order valence-corrected chi connectivity index (χ1v) is 4.08. The molecule has 66 valence electrons. The van der Waals surface area contributed by atoms with Gasteiger partial charge in [-0.25, -0.2) is 8.78 Å². The van der Waals surface area contributed by atoms with Crippen LogP contribution in [0.25, 0.3) is 0 Å². The molecule has 0 aliphatic heterocycles. The van der Waals surface area contributed by atoms with Crippen LogP contribution < -0.4 is 5.73 Å². The first-order valence-electron chi connectivity index (χ1n) is 4.08. The lowest BCUT2D eigenvalue weighted by Crippen LogP contribution is -2.28. The van der Waals surface area contributed by atoms with Crippen molar-refractivity contribution in [2.24, 2.45) is 17.1 Å². The number of nitrogens with two attached hydrogens (primary N) is 1. The van der Waals surface area contributed by atoms with Gasteiger partial charge in [-0.2, -0.15) is 0 Å². The van der Waals surface area contributed by atoms with Crippen molar-refractivity contribution in [3.63, 3.8) is 0 Å². The molecule has 0 bridgehead atoms. The average molecular weight is 163 g/mol. The average Bonchev–Trinajstić information content (AvgIpc) is 2.53. The Balaban J connectivity index is 2.67. The molecule has 0 radical (unpaired) electrons. The summed E-state index contributed by atoms with van der Waals surface area (Å²) in [6.45, 7) is 3.90. The van der Waals surface area contributed by atoms with Crippen molar-refractivity contribution in [3.8, 4) is 0 Å². The molecule has 0 saturated heterocycles. The molecule has 11 heavy (non-hydrogen) atoms. The summed E-state index contributed by atoms with van der Waals surface area (Å²) in [5, 5.41) is 0. The van der Waals surface area contributed by atoms with E-state index < -0.39 is 11.3 Å². The van der Waals surface area contributed by atoms with Crippen molar-refractivity contribution >= 4 is 0 Å². The van der Waals surface area contributed by atoms with Gasteiger partial charge in [-0.1, -0.05) is 20.3 Å². The van der Waals surface area contributed by atoms with Crippen molar-refractivity contribution < 1.29 is 8.78 Å². The van der Waals surface area contributed by atoms with E-state index in [-0.39, 0.29) is 18.9 Å². The van der Waals surface area contributed by atoms with Crippen LogP contribution in [0.3, 0.4) is 0 Å². The van der Waals surface area contributed by atoms with Crippen molar-refractivity contribution in [2.45, 2.75) is 32.6 Å². The van der Waals surface area contributed by atoms with Crippen LogP contribution in [0.5, 0.6) is 0 Å². The molecular weight excluding hydrogens is 148 g/mol. The molecule has 2 unspecified atom stereocenters. The maximum absolute atomic E-state index is 12.8. The molecule has 1 aliphatic rings. The highest BCUT2D eigenvalue weighted by Crippen LogP contribution is 2.64. The second-order valence-corrected chi connectivity index (χ2v) is 3.55. The molecule has 3 heteroatoms. The van der Waals surface area contributed by atoms with Gasteiger partial charge in [0, 0.05) is 13.0 Å². The molecule has 0 aromatic heterocycles. The number of alkyl halides is 2. The van der Waals surface area contributed by atoms with Gasteiger partial charge in [0.15, 0.2) is 0 Å². The third-order valence-corrected chi connectivity index (χ3v) is 3.06. The molecular formula is C8H15F2N. The minimum absolute atomic E-state index is 0.00843. The van der Waals surface area contributed by atoms with E-state index in [4.69, 9.17) is 5.73 Å². The zero-order chi connectivity index (χ0) is 8.70. The summed E-state index contributed by atoms with van der Waals surface area (Å²) in [5.74, 6) is -2.44. The Labute approximate surface area is 66.0 Å². The normalized spacial score (nSPS) is 36.8. The van der Waals surface area contributed by atoms with Gasteiger partial charge in [0.05, 0.1) is 5.41 Å². The summed E-state index contributed by atoms with van der Waals surface area (Å²) >= 11 is 0. The molecule has 1 rings (SSSR count). The second-order valence-electron chi connectivity index (χ2n) is 3.55. The molecule has 0 spiro atoms. The SMILES string of the molecule is CCC(C)C1(CN)CC1(F)F. The fourth-order valence-electron chi connectivity index (χ4n) is 1.70. The van der Waals surface area contributed by atoms with E-state index in [1.54, 1.807) is 0 Å². The largest absolute Gasteiger partial charge is 0.330 e. The third kappa shape index (κ3) is 1.06. The van der Waals surface area contributed by atoms with Crippen molar-refractivity contribution in [2.75, 3.05) is 6.54 Å². The maximum atomic E-state index is 12.8. The Kier molecular flexibility index (Phi) is 1.95. The molecule has 2 N–H and O–H groups in total. The van der Waals surface area contributed by atoms with Gasteiger partial charge in [-0.05, 0) is 5.92 Å². The van der Waals surface area contributed by atoms with Crippen LogP contribution in [0.4, 0.5) is 8.78 Å². The molecule has 0 heterocycles. The first kappa shape index (κ1) is 8.91. The van der Waals surface area contributed by atoms with Crippen LogP contribution in [0, 0.1) is 11.3 Å². The highest BCUT2D eigenvalue weighted by molar-refractivity contribution is 5.12. The van der Waals surface area contributed by atoms with Crippen LogP contribution in [-0.2, 0) is 0 Å². The fourth-order valence-corrected chi connectivity index (χ4v) is 1.70. The van der Waals surface area contributed by atoms with Gasteiger partial charge in [0.2, 0.25) is 0 Å². The Morgan fingerprint density at radius 3 is 2.09 bits per heavy atom. The minimum Gasteiger partial charge on any atom is -0.330 e. The van der Waals surface area contributed by atoms with E-state index in [9.17, 15) is 8.78 Å². The highest BCUT2D eigenvalue weighted by atomic mass is 19.3. The molecule has 0 aromatic rings. The topological polar surface area (TPSA) is 26.0 Å². The van der Waals surface area contributed by atoms with Crippen molar-refractivity contribution in [1.82, 2.24) is 0 Å². The quantitative estimate of drug-likeness (QED) is 0.676. The second kappa shape index (κ2) is 2.41. The Bertz CT molecular complexity index is 158. The smallest absolute Gasteiger partial charge is 0.256 e. The van der Waals surface area contributed by atoms with E-state index in [1.165, 1.54) is 0 Å². The Hall–Kier alpha value is -0.180. The number of hydrogen-bond acceptors (Lipinski definition) is 1. The Morgan fingerprint density at radius 2 is 2.00 bits per heavy atom. The zero-order valence-corrected chi connectivity index (χ0v) is 7.03. The Morgan fingerprint density at radius 1 is 1.55 bits per heavy atom. The van der Waals surface area contributed by atoms with Gasteiger partial charge >= 0.3 is 0 Å².